The first kappa shape index (κ1) is 16.1. The fourth-order valence-electron chi connectivity index (χ4n) is 2.67. The van der Waals surface area contributed by atoms with Crippen molar-refractivity contribution < 1.29 is 9.53 Å². The van der Waals surface area contributed by atoms with Crippen LogP contribution in [-0.4, -0.2) is 21.6 Å². The first-order chi connectivity index (χ1) is 11.1. The van der Waals surface area contributed by atoms with E-state index in [4.69, 9.17) is 16.2 Å². The largest absolute Gasteiger partial charge is 0.332 e. The molecule has 5 nitrogen and oxygen atoms in total. The lowest BCUT2D eigenvalue weighted by molar-refractivity contribution is 0.0412. The Hall–Kier alpha value is -1.73. The molecular weight excluding hydrogens is 310 g/mol. The zero-order valence-electron chi connectivity index (χ0n) is 12.6. The predicted molar refractivity (Wildman–Crippen MR) is 90.7 cm³/mol. The highest BCUT2D eigenvalue weighted by Crippen LogP contribution is 2.31. The lowest BCUT2D eigenvalue weighted by Crippen LogP contribution is -2.33. The molecule has 1 aliphatic carbocycles. The van der Waals surface area contributed by atoms with Crippen molar-refractivity contribution in [3.05, 3.63) is 65.5 Å². The molecular formula is C17H19N3O2S. The Morgan fingerprint density at radius 2 is 1.91 bits per heavy atom. The lowest BCUT2D eigenvalue weighted by Gasteiger charge is -2.26. The molecule has 3 rings (SSSR count). The molecule has 23 heavy (non-hydrogen) atoms. The average molecular weight is 329 g/mol. The molecule has 6 heteroatoms. The standard InChI is InChI=1S/C17H19N3O2S/c18-16(12-7-9-20-10-8-12)22-17(19)23-14-6-5-11-3-1-2-4-13(11)15(14)21/h1-4,7-10,14,16-17H,5-6,18-19H2. The third-order valence-electron chi connectivity index (χ3n) is 3.86. The van der Waals surface area contributed by atoms with E-state index in [0.29, 0.717) is 0 Å². The van der Waals surface area contributed by atoms with Gasteiger partial charge in [-0.1, -0.05) is 24.3 Å². The maximum Gasteiger partial charge on any atom is 0.176 e. The molecule has 1 aromatic carbocycles. The summed E-state index contributed by atoms with van der Waals surface area (Å²) in [5.74, 6) is 0.119. The number of aromatic nitrogens is 1. The quantitative estimate of drug-likeness (QED) is 0.817. The number of ether oxygens (including phenoxy) is 1. The SMILES string of the molecule is NC(OC(N)c1ccncc1)SC1CCc2ccccc2C1=O. The van der Waals surface area contributed by atoms with Gasteiger partial charge in [-0.2, -0.15) is 0 Å². The number of nitrogens with two attached hydrogens (primary N) is 2. The van der Waals surface area contributed by atoms with Crippen molar-refractivity contribution in [3.8, 4) is 0 Å². The maximum atomic E-state index is 12.5. The molecule has 0 saturated carbocycles. The normalized spacial score (nSPS) is 19.9. The van der Waals surface area contributed by atoms with Gasteiger partial charge in [0.1, 0.15) is 6.23 Å². The number of hydrogen-bond acceptors (Lipinski definition) is 6. The number of thioether (sulfide) groups is 1. The van der Waals surface area contributed by atoms with E-state index >= 15 is 0 Å². The second-order valence-corrected chi connectivity index (χ2v) is 6.70. The number of hydrogen-bond donors (Lipinski definition) is 2. The summed E-state index contributed by atoms with van der Waals surface area (Å²) < 4.78 is 5.61. The van der Waals surface area contributed by atoms with Gasteiger partial charge in [-0.15, -0.1) is 11.8 Å². The van der Waals surface area contributed by atoms with Crippen LogP contribution >= 0.6 is 11.8 Å². The Morgan fingerprint density at radius 1 is 1.17 bits per heavy atom. The number of rotatable bonds is 5. The molecule has 0 aliphatic heterocycles. The second-order valence-electron chi connectivity index (χ2n) is 5.39. The molecule has 0 amide bonds. The fraction of sp³-hybridized carbons (Fsp3) is 0.294. The number of ketones is 1. The number of benzene rings is 1. The molecule has 1 aliphatic rings. The number of carbonyl (C=O) groups excluding carboxylic acids is 1. The van der Waals surface area contributed by atoms with Crippen molar-refractivity contribution in [3.63, 3.8) is 0 Å². The Labute approximate surface area is 139 Å². The van der Waals surface area contributed by atoms with E-state index in [0.717, 1.165) is 29.5 Å². The van der Waals surface area contributed by atoms with Crippen LogP contribution in [-0.2, 0) is 11.2 Å². The van der Waals surface area contributed by atoms with Crippen LogP contribution in [0.5, 0.6) is 0 Å². The topological polar surface area (TPSA) is 91.2 Å². The highest BCUT2D eigenvalue weighted by Gasteiger charge is 2.29. The molecule has 0 spiro atoms. The molecule has 120 valence electrons. The number of pyridine rings is 1. The van der Waals surface area contributed by atoms with Gasteiger partial charge in [-0.25, -0.2) is 0 Å². The van der Waals surface area contributed by atoms with Crippen molar-refractivity contribution >= 4 is 17.5 Å². The van der Waals surface area contributed by atoms with E-state index in [1.807, 2.05) is 24.3 Å². The first-order valence-corrected chi connectivity index (χ1v) is 8.43. The Morgan fingerprint density at radius 3 is 2.70 bits per heavy atom. The summed E-state index contributed by atoms with van der Waals surface area (Å²) in [6.45, 7) is 0. The zero-order valence-corrected chi connectivity index (χ0v) is 13.4. The van der Waals surface area contributed by atoms with E-state index in [-0.39, 0.29) is 11.0 Å². The second kappa shape index (κ2) is 7.23. The van der Waals surface area contributed by atoms with Crippen LogP contribution in [0.3, 0.4) is 0 Å². The van der Waals surface area contributed by atoms with Gasteiger partial charge >= 0.3 is 0 Å². The van der Waals surface area contributed by atoms with Gasteiger partial charge in [0.15, 0.2) is 11.3 Å². The minimum Gasteiger partial charge on any atom is -0.332 e. The van der Waals surface area contributed by atoms with E-state index in [2.05, 4.69) is 4.98 Å². The van der Waals surface area contributed by atoms with E-state index in [1.54, 1.807) is 24.5 Å². The van der Waals surface area contributed by atoms with Crippen molar-refractivity contribution in [1.29, 1.82) is 0 Å². The van der Waals surface area contributed by atoms with E-state index in [1.165, 1.54) is 11.8 Å². The van der Waals surface area contributed by atoms with Gasteiger partial charge < -0.3 is 10.5 Å². The summed E-state index contributed by atoms with van der Waals surface area (Å²) in [6.07, 6.45) is 4.31. The molecule has 3 unspecified atom stereocenters. The smallest absolute Gasteiger partial charge is 0.176 e. The molecule has 2 aromatic rings. The van der Waals surface area contributed by atoms with Gasteiger partial charge in [0.25, 0.3) is 0 Å². The van der Waals surface area contributed by atoms with Crippen molar-refractivity contribution in [1.82, 2.24) is 4.98 Å². The summed E-state index contributed by atoms with van der Waals surface area (Å²) in [4.78, 5) is 16.5. The molecule has 0 bridgehead atoms. The van der Waals surface area contributed by atoms with Crippen LogP contribution in [0, 0.1) is 0 Å². The third-order valence-corrected chi connectivity index (χ3v) is 5.02. The summed E-state index contributed by atoms with van der Waals surface area (Å²) in [5, 5.41) is -0.190. The fourth-order valence-corrected chi connectivity index (χ4v) is 3.68. The van der Waals surface area contributed by atoms with Crippen LogP contribution in [0.25, 0.3) is 0 Å². The molecule has 3 atom stereocenters. The monoisotopic (exact) mass is 329 g/mol. The number of aryl methyl sites for hydroxylation is 1. The van der Waals surface area contributed by atoms with Gasteiger partial charge in [0, 0.05) is 18.0 Å². The molecule has 1 aromatic heterocycles. The van der Waals surface area contributed by atoms with Crippen LogP contribution in [0.15, 0.2) is 48.8 Å². The van der Waals surface area contributed by atoms with Gasteiger partial charge in [0.05, 0.1) is 5.25 Å². The zero-order chi connectivity index (χ0) is 16.2. The van der Waals surface area contributed by atoms with Gasteiger partial charge in [-0.05, 0) is 36.1 Å². The Balaban J connectivity index is 1.60. The van der Waals surface area contributed by atoms with Crippen molar-refractivity contribution in [2.24, 2.45) is 11.5 Å². The summed E-state index contributed by atoms with van der Waals surface area (Å²) in [6, 6.07) is 11.3. The minimum atomic E-state index is -0.655. The van der Waals surface area contributed by atoms with Gasteiger partial charge in [-0.3, -0.25) is 15.5 Å². The summed E-state index contributed by atoms with van der Waals surface area (Å²) >= 11 is 1.33. The highest BCUT2D eigenvalue weighted by atomic mass is 32.2. The van der Waals surface area contributed by atoms with E-state index < -0.39 is 11.8 Å². The van der Waals surface area contributed by atoms with Crippen LogP contribution in [0.2, 0.25) is 0 Å². The summed E-state index contributed by atoms with van der Waals surface area (Å²) in [7, 11) is 0. The third kappa shape index (κ3) is 3.79. The number of nitrogens with zero attached hydrogens (tertiary/aromatic N) is 1. The van der Waals surface area contributed by atoms with Crippen LogP contribution < -0.4 is 11.5 Å². The number of Topliss-reactive ketones (excluding diaryl/α,β-unsaturated/α-hetero) is 1. The number of fused-ring (bicyclic) bond motifs is 1. The predicted octanol–water partition coefficient (Wildman–Crippen LogP) is 2.23. The Bertz CT molecular complexity index is 681. The molecule has 1 heterocycles. The van der Waals surface area contributed by atoms with Crippen LogP contribution in [0.4, 0.5) is 0 Å². The first-order valence-electron chi connectivity index (χ1n) is 7.49. The van der Waals surface area contributed by atoms with E-state index in [9.17, 15) is 4.79 Å². The lowest BCUT2D eigenvalue weighted by atomic mass is 9.90. The molecule has 4 N–H and O–H groups in total. The summed E-state index contributed by atoms with van der Waals surface area (Å²) in [5.41, 5.74) is 14.1. The molecule has 0 fully saturated rings. The average Bonchev–Trinajstić information content (AvgIpc) is 2.58. The Kier molecular flexibility index (Phi) is 5.07. The minimum absolute atomic E-state index is 0.119. The number of carbonyl (C=O) groups is 1. The highest BCUT2D eigenvalue weighted by molar-refractivity contribution is 8.01. The maximum absolute atomic E-state index is 12.5. The van der Waals surface area contributed by atoms with Gasteiger partial charge in [0.2, 0.25) is 0 Å². The molecule has 0 saturated heterocycles. The van der Waals surface area contributed by atoms with Crippen LogP contribution in [0.1, 0.15) is 34.1 Å². The van der Waals surface area contributed by atoms with Crippen molar-refractivity contribution in [2.45, 2.75) is 29.9 Å². The molecule has 0 radical (unpaired) electrons. The van der Waals surface area contributed by atoms with Crippen molar-refractivity contribution in [2.75, 3.05) is 0 Å².